The van der Waals surface area contributed by atoms with Crippen LogP contribution in [0.25, 0.3) is 0 Å². The first-order chi connectivity index (χ1) is 9.79. The smallest absolute Gasteiger partial charge is 0.321 e. The summed E-state index contributed by atoms with van der Waals surface area (Å²) in [5.41, 5.74) is 0.353. The molecule has 0 saturated carbocycles. The Morgan fingerprint density at radius 3 is 2.52 bits per heavy atom. The molecule has 0 aromatic heterocycles. The van der Waals surface area contributed by atoms with Crippen molar-refractivity contribution < 1.29 is 19.8 Å². The van der Waals surface area contributed by atoms with Crippen LogP contribution in [0.15, 0.2) is 18.2 Å². The van der Waals surface area contributed by atoms with E-state index >= 15 is 0 Å². The molecule has 1 aromatic carbocycles. The van der Waals surface area contributed by atoms with E-state index in [0.717, 1.165) is 0 Å². The normalized spacial score (nSPS) is 13.5. The number of carbonyl (C=O) groups excluding carboxylic acids is 1. The van der Waals surface area contributed by atoms with E-state index in [-0.39, 0.29) is 18.0 Å². The number of hydrogen-bond donors (Lipinski definition) is 4. The Morgan fingerprint density at radius 1 is 1.33 bits per heavy atom. The summed E-state index contributed by atoms with van der Waals surface area (Å²) in [5.74, 6) is -1.68. The van der Waals surface area contributed by atoms with Crippen molar-refractivity contribution in [3.05, 3.63) is 28.2 Å². The molecular weight excluding hydrogens is 319 g/mol. The van der Waals surface area contributed by atoms with Crippen LogP contribution in [0, 0.1) is 0 Å². The molecule has 0 saturated heterocycles. The highest BCUT2D eigenvalue weighted by Gasteiger charge is 2.21. The van der Waals surface area contributed by atoms with Gasteiger partial charge in [0, 0.05) is 11.6 Å². The molecule has 21 heavy (non-hydrogen) atoms. The summed E-state index contributed by atoms with van der Waals surface area (Å²) >= 11 is 11.7. The topological polar surface area (TPSA) is 98.7 Å². The van der Waals surface area contributed by atoms with Gasteiger partial charge in [0.15, 0.2) is 0 Å². The molecule has 0 fully saturated rings. The fraction of sp³-hybridized carbons (Fsp3) is 0.385. The van der Waals surface area contributed by atoms with Gasteiger partial charge in [-0.05, 0) is 25.1 Å². The van der Waals surface area contributed by atoms with Crippen LogP contribution in [0.4, 0.5) is 5.69 Å². The minimum absolute atomic E-state index is 0.0753. The maximum atomic E-state index is 11.8. The summed E-state index contributed by atoms with van der Waals surface area (Å²) in [6.07, 6.45) is -0.998. The van der Waals surface area contributed by atoms with Crippen molar-refractivity contribution in [2.24, 2.45) is 0 Å². The number of rotatable bonds is 7. The van der Waals surface area contributed by atoms with E-state index in [0.29, 0.717) is 10.7 Å². The molecule has 0 unspecified atom stereocenters. The Balaban J connectivity index is 2.63. The van der Waals surface area contributed by atoms with E-state index in [1.54, 1.807) is 6.07 Å². The highest BCUT2D eigenvalue weighted by Crippen LogP contribution is 2.25. The van der Waals surface area contributed by atoms with Gasteiger partial charge < -0.3 is 20.8 Å². The average Bonchev–Trinajstić information content (AvgIpc) is 2.37. The molecule has 1 rings (SSSR count). The monoisotopic (exact) mass is 334 g/mol. The van der Waals surface area contributed by atoms with E-state index in [1.165, 1.54) is 19.1 Å². The molecule has 0 aliphatic rings. The lowest BCUT2D eigenvalue weighted by Gasteiger charge is -2.15. The Labute approximate surface area is 132 Å². The van der Waals surface area contributed by atoms with E-state index in [2.05, 4.69) is 10.6 Å². The number of carboxylic acids is 1. The van der Waals surface area contributed by atoms with Crippen LogP contribution in [-0.2, 0) is 9.59 Å². The lowest BCUT2D eigenvalue weighted by atomic mass is 10.2. The molecule has 0 aliphatic carbocycles. The third-order valence-corrected chi connectivity index (χ3v) is 3.10. The molecule has 2 atom stereocenters. The number of carboxylic acid groups (broad SMARTS) is 1. The molecule has 0 heterocycles. The zero-order valence-corrected chi connectivity index (χ0v) is 12.8. The number of aliphatic carboxylic acids is 1. The first kappa shape index (κ1) is 17.7. The van der Waals surface area contributed by atoms with E-state index < -0.39 is 24.0 Å². The number of nitrogens with one attached hydrogen (secondary N) is 2. The van der Waals surface area contributed by atoms with Crippen molar-refractivity contribution in [1.29, 1.82) is 0 Å². The highest BCUT2D eigenvalue weighted by atomic mass is 35.5. The number of amides is 1. The number of halogens is 2. The lowest BCUT2D eigenvalue weighted by Crippen LogP contribution is -2.42. The minimum atomic E-state index is -1.17. The van der Waals surface area contributed by atoms with Gasteiger partial charge in [-0.25, -0.2) is 0 Å². The fourth-order valence-electron chi connectivity index (χ4n) is 1.54. The summed E-state index contributed by atoms with van der Waals surface area (Å²) in [7, 11) is 0. The summed E-state index contributed by atoms with van der Waals surface area (Å²) in [5, 5.41) is 24.0. The van der Waals surface area contributed by atoms with Crippen molar-refractivity contribution in [2.45, 2.75) is 25.5 Å². The second-order valence-electron chi connectivity index (χ2n) is 4.52. The van der Waals surface area contributed by atoms with Gasteiger partial charge in [-0.2, -0.15) is 0 Å². The van der Waals surface area contributed by atoms with Crippen LogP contribution >= 0.6 is 23.2 Å². The molecule has 4 N–H and O–H groups in total. The Bertz CT molecular complexity index is 523. The van der Waals surface area contributed by atoms with Gasteiger partial charge >= 0.3 is 5.97 Å². The second kappa shape index (κ2) is 8.19. The SMILES string of the molecule is C[C@H](O)CN[C@@H](CC(=O)Nc1ccc(Cl)cc1Cl)C(=O)O. The van der Waals surface area contributed by atoms with Crippen LogP contribution in [-0.4, -0.2) is 40.8 Å². The minimum Gasteiger partial charge on any atom is -0.480 e. The third kappa shape index (κ3) is 6.31. The second-order valence-corrected chi connectivity index (χ2v) is 5.37. The number of hydrogen-bond acceptors (Lipinski definition) is 4. The van der Waals surface area contributed by atoms with Gasteiger partial charge in [-0.3, -0.25) is 9.59 Å². The Morgan fingerprint density at radius 2 is 2.00 bits per heavy atom. The van der Waals surface area contributed by atoms with Crippen LogP contribution in [0.2, 0.25) is 10.0 Å². The maximum Gasteiger partial charge on any atom is 0.321 e. The quantitative estimate of drug-likeness (QED) is 0.608. The maximum absolute atomic E-state index is 11.8. The van der Waals surface area contributed by atoms with Gasteiger partial charge in [-0.15, -0.1) is 0 Å². The standard InChI is InChI=1S/C13H16Cl2N2O4/c1-7(18)6-16-11(13(20)21)5-12(19)17-10-3-2-8(14)4-9(10)15/h2-4,7,11,16,18H,5-6H2,1H3,(H,17,19)(H,20,21)/t7-,11-/m0/s1. The summed E-state index contributed by atoms with van der Waals surface area (Å²) in [6.45, 7) is 1.59. The molecule has 116 valence electrons. The number of carbonyl (C=O) groups is 2. The third-order valence-electron chi connectivity index (χ3n) is 2.55. The van der Waals surface area contributed by atoms with Crippen molar-refractivity contribution in [2.75, 3.05) is 11.9 Å². The number of aliphatic hydroxyl groups is 1. The van der Waals surface area contributed by atoms with Gasteiger partial charge in [0.05, 0.1) is 23.2 Å². The lowest BCUT2D eigenvalue weighted by molar-refractivity contribution is -0.141. The predicted molar refractivity (Wildman–Crippen MR) is 80.8 cm³/mol. The molecule has 1 aromatic rings. The largest absolute Gasteiger partial charge is 0.480 e. The van der Waals surface area contributed by atoms with Gasteiger partial charge in [0.25, 0.3) is 0 Å². The van der Waals surface area contributed by atoms with Crippen LogP contribution in [0.1, 0.15) is 13.3 Å². The molecule has 0 radical (unpaired) electrons. The van der Waals surface area contributed by atoms with Crippen molar-refractivity contribution >= 4 is 40.8 Å². The zero-order valence-electron chi connectivity index (χ0n) is 11.3. The van der Waals surface area contributed by atoms with Crippen LogP contribution in [0.3, 0.4) is 0 Å². The molecule has 6 nitrogen and oxygen atoms in total. The highest BCUT2D eigenvalue weighted by molar-refractivity contribution is 6.36. The molecular formula is C13H16Cl2N2O4. The Hall–Kier alpha value is -1.34. The van der Waals surface area contributed by atoms with Crippen molar-refractivity contribution in [3.8, 4) is 0 Å². The number of benzene rings is 1. The van der Waals surface area contributed by atoms with E-state index in [4.69, 9.17) is 33.4 Å². The fourth-order valence-corrected chi connectivity index (χ4v) is 1.99. The van der Waals surface area contributed by atoms with Gasteiger partial charge in [0.2, 0.25) is 5.91 Å². The van der Waals surface area contributed by atoms with E-state index in [9.17, 15) is 9.59 Å². The zero-order chi connectivity index (χ0) is 16.0. The first-order valence-electron chi connectivity index (χ1n) is 6.18. The molecule has 0 spiro atoms. The molecule has 0 aliphatic heterocycles. The van der Waals surface area contributed by atoms with Crippen LogP contribution < -0.4 is 10.6 Å². The number of anilines is 1. The van der Waals surface area contributed by atoms with Crippen molar-refractivity contribution in [3.63, 3.8) is 0 Å². The summed E-state index contributed by atoms with van der Waals surface area (Å²) in [4.78, 5) is 22.9. The Kier molecular flexibility index (Phi) is 6.91. The average molecular weight is 335 g/mol. The van der Waals surface area contributed by atoms with E-state index in [1.807, 2.05) is 0 Å². The van der Waals surface area contributed by atoms with Gasteiger partial charge in [0.1, 0.15) is 6.04 Å². The summed E-state index contributed by atoms with van der Waals surface area (Å²) in [6, 6.07) is 3.47. The van der Waals surface area contributed by atoms with Crippen LogP contribution in [0.5, 0.6) is 0 Å². The first-order valence-corrected chi connectivity index (χ1v) is 6.94. The molecule has 0 bridgehead atoms. The number of aliphatic hydroxyl groups excluding tert-OH is 1. The molecule has 8 heteroatoms. The molecule has 1 amide bonds. The summed E-state index contributed by atoms with van der Waals surface area (Å²) < 4.78 is 0. The predicted octanol–water partition coefficient (Wildman–Crippen LogP) is 1.75. The van der Waals surface area contributed by atoms with Crippen molar-refractivity contribution in [1.82, 2.24) is 5.32 Å². The van der Waals surface area contributed by atoms with Gasteiger partial charge in [-0.1, -0.05) is 23.2 Å².